The Kier molecular flexibility index (Phi) is 2.16. The molecule has 3 rings (SSSR count). The van der Waals surface area contributed by atoms with Gasteiger partial charge in [0.2, 0.25) is 0 Å². The Morgan fingerprint density at radius 1 is 1.12 bits per heavy atom. The largest absolute Gasteiger partial charge is 0.456 e. The molecule has 0 radical (unpaired) electrons. The first-order chi connectivity index (χ1) is 8.16. The maximum atomic E-state index is 10.9. The summed E-state index contributed by atoms with van der Waals surface area (Å²) in [4.78, 5) is 10.5. The van der Waals surface area contributed by atoms with Crippen LogP contribution < -0.4 is 0 Å². The molecular weight excluding hydrogens is 286 g/mol. The first-order valence-electron chi connectivity index (χ1n) is 4.92. The number of halogens is 1. The SMILES string of the molecule is O=[N+]([O-])c1cc2c(cc1Br)oc1ccccc12. The van der Waals surface area contributed by atoms with Crippen LogP contribution in [0.3, 0.4) is 0 Å². The van der Waals surface area contributed by atoms with Crippen LogP contribution in [0.4, 0.5) is 5.69 Å². The quantitative estimate of drug-likeness (QED) is 0.497. The minimum absolute atomic E-state index is 0.0454. The number of benzene rings is 2. The minimum atomic E-state index is -0.411. The highest BCUT2D eigenvalue weighted by Crippen LogP contribution is 2.35. The van der Waals surface area contributed by atoms with Gasteiger partial charge < -0.3 is 4.42 Å². The van der Waals surface area contributed by atoms with E-state index in [1.165, 1.54) is 6.07 Å². The predicted molar refractivity (Wildman–Crippen MR) is 68.1 cm³/mol. The van der Waals surface area contributed by atoms with E-state index >= 15 is 0 Å². The van der Waals surface area contributed by atoms with Crippen molar-refractivity contribution in [3.05, 3.63) is 51.0 Å². The summed E-state index contributed by atoms with van der Waals surface area (Å²) < 4.78 is 6.04. The fraction of sp³-hybridized carbons (Fsp3) is 0. The fourth-order valence-electron chi connectivity index (χ4n) is 1.88. The Labute approximate surface area is 104 Å². The van der Waals surface area contributed by atoms with Crippen LogP contribution in [0.1, 0.15) is 0 Å². The number of furan rings is 1. The van der Waals surface area contributed by atoms with Crippen molar-refractivity contribution in [1.82, 2.24) is 0 Å². The zero-order valence-electron chi connectivity index (χ0n) is 8.51. The van der Waals surface area contributed by atoms with E-state index in [0.29, 0.717) is 10.1 Å². The molecule has 0 unspecified atom stereocenters. The van der Waals surface area contributed by atoms with E-state index in [0.717, 1.165) is 16.4 Å². The first-order valence-corrected chi connectivity index (χ1v) is 5.71. The van der Waals surface area contributed by atoms with Crippen LogP contribution in [0.25, 0.3) is 21.9 Å². The summed E-state index contributed by atoms with van der Waals surface area (Å²) in [6.45, 7) is 0. The predicted octanol–water partition coefficient (Wildman–Crippen LogP) is 4.26. The Bertz CT molecular complexity index is 748. The molecule has 3 aromatic rings. The Morgan fingerprint density at radius 3 is 2.65 bits per heavy atom. The molecule has 0 bridgehead atoms. The molecule has 4 nitrogen and oxygen atoms in total. The summed E-state index contributed by atoms with van der Waals surface area (Å²) >= 11 is 3.17. The molecule has 2 aromatic carbocycles. The standard InChI is InChI=1S/C12H6BrNO3/c13-9-6-12-8(5-10(9)14(15)16)7-3-1-2-4-11(7)17-12/h1-6H. The Hall–Kier alpha value is -1.88. The zero-order valence-corrected chi connectivity index (χ0v) is 10.1. The monoisotopic (exact) mass is 291 g/mol. The summed E-state index contributed by atoms with van der Waals surface area (Å²) in [5.41, 5.74) is 1.42. The van der Waals surface area contributed by atoms with Gasteiger partial charge in [-0.15, -0.1) is 0 Å². The molecule has 0 saturated carbocycles. The van der Waals surface area contributed by atoms with Gasteiger partial charge in [-0.2, -0.15) is 0 Å². The number of fused-ring (bicyclic) bond motifs is 3. The number of para-hydroxylation sites is 1. The molecule has 0 N–H and O–H groups in total. The van der Waals surface area contributed by atoms with Gasteiger partial charge in [-0.25, -0.2) is 0 Å². The van der Waals surface area contributed by atoms with Crippen molar-refractivity contribution >= 4 is 43.6 Å². The summed E-state index contributed by atoms with van der Waals surface area (Å²) in [7, 11) is 0. The van der Waals surface area contributed by atoms with Crippen molar-refractivity contribution in [2.75, 3.05) is 0 Å². The average molecular weight is 292 g/mol. The highest BCUT2D eigenvalue weighted by Gasteiger charge is 2.16. The number of rotatable bonds is 1. The lowest BCUT2D eigenvalue weighted by molar-refractivity contribution is -0.385. The topological polar surface area (TPSA) is 56.3 Å². The normalized spacial score (nSPS) is 11.1. The second kappa shape index (κ2) is 3.56. The van der Waals surface area contributed by atoms with Crippen LogP contribution >= 0.6 is 15.9 Å². The van der Waals surface area contributed by atoms with E-state index in [-0.39, 0.29) is 5.69 Å². The van der Waals surface area contributed by atoms with Crippen molar-refractivity contribution in [2.45, 2.75) is 0 Å². The highest BCUT2D eigenvalue weighted by atomic mass is 79.9. The number of hydrogen-bond donors (Lipinski definition) is 0. The van der Waals surface area contributed by atoms with Crippen LogP contribution in [0.2, 0.25) is 0 Å². The van der Waals surface area contributed by atoms with Gasteiger partial charge in [-0.05, 0) is 22.0 Å². The maximum absolute atomic E-state index is 10.9. The number of nitro benzene ring substituents is 1. The molecule has 0 spiro atoms. The Morgan fingerprint density at radius 2 is 1.88 bits per heavy atom. The van der Waals surface area contributed by atoms with Gasteiger partial charge in [0.1, 0.15) is 11.2 Å². The third-order valence-corrected chi connectivity index (χ3v) is 3.28. The molecular formula is C12H6BrNO3. The van der Waals surface area contributed by atoms with E-state index in [9.17, 15) is 10.1 Å². The molecule has 0 fully saturated rings. The molecule has 84 valence electrons. The number of hydrogen-bond acceptors (Lipinski definition) is 3. The number of nitro groups is 1. The summed E-state index contributed by atoms with van der Waals surface area (Å²) in [6, 6.07) is 10.6. The summed E-state index contributed by atoms with van der Waals surface area (Å²) in [5, 5.41) is 12.5. The molecule has 17 heavy (non-hydrogen) atoms. The van der Waals surface area contributed by atoms with Crippen molar-refractivity contribution in [1.29, 1.82) is 0 Å². The summed E-state index contributed by atoms with van der Waals surface area (Å²) in [5.74, 6) is 0. The molecule has 0 amide bonds. The first kappa shape index (κ1) is 10.3. The molecule has 1 aromatic heterocycles. The van der Waals surface area contributed by atoms with Gasteiger partial charge in [0.05, 0.1) is 9.40 Å². The van der Waals surface area contributed by atoms with Gasteiger partial charge in [0.25, 0.3) is 5.69 Å². The van der Waals surface area contributed by atoms with Gasteiger partial charge >= 0.3 is 0 Å². The molecule has 0 saturated heterocycles. The van der Waals surface area contributed by atoms with Crippen molar-refractivity contribution in [3.63, 3.8) is 0 Å². The molecule has 5 heteroatoms. The second-order valence-corrected chi connectivity index (χ2v) is 4.51. The molecule has 1 heterocycles. The minimum Gasteiger partial charge on any atom is -0.456 e. The second-order valence-electron chi connectivity index (χ2n) is 3.66. The maximum Gasteiger partial charge on any atom is 0.284 e. The lowest BCUT2D eigenvalue weighted by Crippen LogP contribution is -1.88. The van der Waals surface area contributed by atoms with Gasteiger partial charge in [0.15, 0.2) is 0 Å². The van der Waals surface area contributed by atoms with Crippen LogP contribution in [0.15, 0.2) is 45.3 Å². The average Bonchev–Trinajstić information content (AvgIpc) is 2.64. The third kappa shape index (κ3) is 1.51. The molecule has 0 aliphatic heterocycles. The lowest BCUT2D eigenvalue weighted by Gasteiger charge is -1.95. The summed E-state index contributed by atoms with van der Waals surface area (Å²) in [6.07, 6.45) is 0. The Balaban J connectivity index is 2.47. The van der Waals surface area contributed by atoms with Crippen LogP contribution in [0, 0.1) is 10.1 Å². The van der Waals surface area contributed by atoms with Gasteiger partial charge in [0, 0.05) is 22.9 Å². The smallest absolute Gasteiger partial charge is 0.284 e. The number of nitrogens with zero attached hydrogens (tertiary/aromatic N) is 1. The third-order valence-electron chi connectivity index (χ3n) is 2.64. The van der Waals surface area contributed by atoms with E-state index in [1.54, 1.807) is 6.07 Å². The van der Waals surface area contributed by atoms with Crippen LogP contribution in [0.5, 0.6) is 0 Å². The molecule has 0 atom stereocenters. The van der Waals surface area contributed by atoms with E-state index in [1.807, 2.05) is 24.3 Å². The van der Waals surface area contributed by atoms with E-state index in [2.05, 4.69) is 15.9 Å². The van der Waals surface area contributed by atoms with Crippen LogP contribution in [-0.2, 0) is 0 Å². The lowest BCUT2D eigenvalue weighted by atomic mass is 10.1. The van der Waals surface area contributed by atoms with Crippen molar-refractivity contribution < 1.29 is 9.34 Å². The fourth-order valence-corrected chi connectivity index (χ4v) is 2.34. The van der Waals surface area contributed by atoms with Gasteiger partial charge in [-0.3, -0.25) is 10.1 Å². The van der Waals surface area contributed by atoms with Crippen molar-refractivity contribution in [3.8, 4) is 0 Å². The highest BCUT2D eigenvalue weighted by molar-refractivity contribution is 9.10. The van der Waals surface area contributed by atoms with Crippen LogP contribution in [-0.4, -0.2) is 4.92 Å². The zero-order chi connectivity index (χ0) is 12.0. The van der Waals surface area contributed by atoms with Gasteiger partial charge in [-0.1, -0.05) is 18.2 Å². The van der Waals surface area contributed by atoms with E-state index in [4.69, 9.17) is 4.42 Å². The molecule has 0 aliphatic carbocycles. The molecule has 0 aliphatic rings. The van der Waals surface area contributed by atoms with E-state index < -0.39 is 4.92 Å². The van der Waals surface area contributed by atoms with Crippen molar-refractivity contribution in [2.24, 2.45) is 0 Å².